The van der Waals surface area contributed by atoms with E-state index in [1.807, 2.05) is 25.1 Å². The number of fused-ring (bicyclic) bond motifs is 1. The number of rotatable bonds is 6. The van der Waals surface area contributed by atoms with Gasteiger partial charge in [-0.2, -0.15) is 0 Å². The van der Waals surface area contributed by atoms with Crippen LogP contribution in [0.2, 0.25) is 0 Å². The zero-order chi connectivity index (χ0) is 12.8. The minimum absolute atomic E-state index is 0.666. The van der Waals surface area contributed by atoms with Gasteiger partial charge in [-0.1, -0.05) is 5.16 Å². The Balaban J connectivity index is 1.88. The van der Waals surface area contributed by atoms with Gasteiger partial charge in [-0.15, -0.1) is 0 Å². The third kappa shape index (κ3) is 3.01. The summed E-state index contributed by atoms with van der Waals surface area (Å²) < 4.78 is 10.9. The zero-order valence-electron chi connectivity index (χ0n) is 10.7. The highest BCUT2D eigenvalue weighted by atomic mass is 16.5. The van der Waals surface area contributed by atoms with E-state index in [4.69, 9.17) is 14.7 Å². The highest BCUT2D eigenvalue weighted by molar-refractivity contribution is 6.04. The van der Waals surface area contributed by atoms with Gasteiger partial charge < -0.3 is 14.7 Å². The van der Waals surface area contributed by atoms with Crippen molar-refractivity contribution in [3.63, 3.8) is 0 Å². The molecule has 98 valence electrons. The summed E-state index contributed by atoms with van der Waals surface area (Å²) in [6.07, 6.45) is 2.62. The molecule has 0 saturated carbocycles. The number of nitrogens with zero attached hydrogens (tertiary/aromatic N) is 1. The average Bonchev–Trinajstić information content (AvgIpc) is 2.80. The first kappa shape index (κ1) is 12.9. The van der Waals surface area contributed by atoms with E-state index in [1.54, 1.807) is 0 Å². The topological polar surface area (TPSA) is 51.0 Å². The predicted molar refractivity (Wildman–Crippen MR) is 69.7 cm³/mol. The second kappa shape index (κ2) is 6.40. The van der Waals surface area contributed by atoms with Gasteiger partial charge >= 0.3 is 0 Å². The van der Waals surface area contributed by atoms with Crippen LogP contribution in [0.25, 0.3) is 0 Å². The van der Waals surface area contributed by atoms with E-state index in [1.165, 1.54) is 5.56 Å². The van der Waals surface area contributed by atoms with Crippen molar-refractivity contribution in [1.82, 2.24) is 0 Å². The van der Waals surface area contributed by atoms with Crippen molar-refractivity contribution in [3.05, 3.63) is 29.3 Å². The maximum atomic E-state index is 8.85. The third-order valence-electron chi connectivity index (χ3n) is 3.05. The van der Waals surface area contributed by atoms with Crippen molar-refractivity contribution < 1.29 is 14.7 Å². The van der Waals surface area contributed by atoms with Crippen LogP contribution >= 0.6 is 0 Å². The molecule has 18 heavy (non-hydrogen) atoms. The van der Waals surface area contributed by atoms with Crippen molar-refractivity contribution >= 4 is 5.71 Å². The molecule has 4 heteroatoms. The molecule has 0 heterocycles. The van der Waals surface area contributed by atoms with Gasteiger partial charge in [0.05, 0.1) is 12.3 Å². The molecule has 1 N–H and O–H groups in total. The summed E-state index contributed by atoms with van der Waals surface area (Å²) in [6.45, 7) is 4.15. The molecule has 1 aromatic rings. The number of oxime groups is 1. The summed E-state index contributed by atoms with van der Waals surface area (Å²) in [6, 6.07) is 5.93. The smallest absolute Gasteiger partial charge is 0.119 e. The lowest BCUT2D eigenvalue weighted by Gasteiger charge is -2.08. The number of ether oxygens (including phenoxy) is 2. The third-order valence-corrected chi connectivity index (χ3v) is 3.05. The summed E-state index contributed by atoms with van der Waals surface area (Å²) in [5.74, 6) is 0.879. The molecule has 0 aliphatic heterocycles. The Morgan fingerprint density at radius 2 is 2.17 bits per heavy atom. The Kier molecular flexibility index (Phi) is 4.59. The summed E-state index contributed by atoms with van der Waals surface area (Å²) >= 11 is 0. The fraction of sp³-hybridized carbons (Fsp3) is 0.500. The lowest BCUT2D eigenvalue weighted by Crippen LogP contribution is -2.03. The quantitative estimate of drug-likeness (QED) is 0.479. The van der Waals surface area contributed by atoms with E-state index in [0.29, 0.717) is 6.61 Å². The monoisotopic (exact) mass is 249 g/mol. The molecule has 0 fully saturated rings. The van der Waals surface area contributed by atoms with Gasteiger partial charge in [-0.3, -0.25) is 0 Å². The number of hydrogen-bond acceptors (Lipinski definition) is 4. The Labute approximate surface area is 107 Å². The fourth-order valence-corrected chi connectivity index (χ4v) is 2.14. The van der Waals surface area contributed by atoms with Crippen LogP contribution in [0.3, 0.4) is 0 Å². The van der Waals surface area contributed by atoms with Gasteiger partial charge in [-0.05, 0) is 43.5 Å². The molecule has 0 saturated heterocycles. The van der Waals surface area contributed by atoms with Crippen LogP contribution < -0.4 is 4.74 Å². The Hall–Kier alpha value is -1.55. The molecule has 1 aliphatic rings. The van der Waals surface area contributed by atoms with Crippen LogP contribution in [0.5, 0.6) is 5.75 Å². The molecular weight excluding hydrogens is 230 g/mol. The Morgan fingerprint density at radius 1 is 1.28 bits per heavy atom. The molecule has 0 aromatic heterocycles. The van der Waals surface area contributed by atoms with Gasteiger partial charge in [0.25, 0.3) is 0 Å². The van der Waals surface area contributed by atoms with Crippen molar-refractivity contribution in [3.8, 4) is 5.75 Å². The Morgan fingerprint density at radius 3 is 2.94 bits per heavy atom. The normalized spacial score (nSPS) is 15.9. The first-order valence-corrected chi connectivity index (χ1v) is 6.40. The molecule has 1 aromatic carbocycles. The standard InChI is InChI=1S/C14H19NO3/c1-2-17-8-3-9-18-12-5-6-13-11(10-12)4-7-14(13)15-16/h5-6,10,16H,2-4,7-9H2,1H3/b15-14+. The molecule has 0 unspecified atom stereocenters. The van der Waals surface area contributed by atoms with Crippen LogP contribution in [0.4, 0.5) is 0 Å². The highest BCUT2D eigenvalue weighted by Gasteiger charge is 2.18. The number of hydrogen-bond donors (Lipinski definition) is 1. The van der Waals surface area contributed by atoms with Crippen molar-refractivity contribution in [1.29, 1.82) is 0 Å². The average molecular weight is 249 g/mol. The lowest BCUT2D eigenvalue weighted by atomic mass is 10.1. The molecule has 2 rings (SSSR count). The van der Waals surface area contributed by atoms with Gasteiger partial charge in [0.15, 0.2) is 0 Å². The first-order valence-electron chi connectivity index (χ1n) is 6.40. The fourth-order valence-electron chi connectivity index (χ4n) is 2.14. The maximum Gasteiger partial charge on any atom is 0.119 e. The maximum absolute atomic E-state index is 8.85. The number of benzene rings is 1. The van der Waals surface area contributed by atoms with E-state index in [0.717, 1.165) is 49.5 Å². The molecule has 1 aliphatic carbocycles. The minimum atomic E-state index is 0.666. The van der Waals surface area contributed by atoms with E-state index in [9.17, 15) is 0 Å². The van der Waals surface area contributed by atoms with Gasteiger partial charge in [0.1, 0.15) is 5.75 Å². The molecular formula is C14H19NO3. The summed E-state index contributed by atoms with van der Waals surface area (Å²) in [4.78, 5) is 0. The van der Waals surface area contributed by atoms with E-state index in [2.05, 4.69) is 5.16 Å². The van der Waals surface area contributed by atoms with Gasteiger partial charge in [-0.25, -0.2) is 0 Å². The molecule has 0 radical (unpaired) electrons. The van der Waals surface area contributed by atoms with Crippen molar-refractivity contribution in [2.45, 2.75) is 26.2 Å². The van der Waals surface area contributed by atoms with Crippen LogP contribution in [0.1, 0.15) is 30.9 Å². The highest BCUT2D eigenvalue weighted by Crippen LogP contribution is 2.26. The van der Waals surface area contributed by atoms with E-state index in [-0.39, 0.29) is 0 Å². The largest absolute Gasteiger partial charge is 0.493 e. The second-order valence-electron chi connectivity index (χ2n) is 4.26. The number of aryl methyl sites for hydroxylation is 1. The van der Waals surface area contributed by atoms with Crippen LogP contribution in [-0.2, 0) is 11.2 Å². The first-order chi connectivity index (χ1) is 8.85. The molecule has 0 bridgehead atoms. The second-order valence-corrected chi connectivity index (χ2v) is 4.26. The van der Waals surface area contributed by atoms with Gasteiger partial charge in [0, 0.05) is 25.2 Å². The van der Waals surface area contributed by atoms with Gasteiger partial charge in [0.2, 0.25) is 0 Å². The minimum Gasteiger partial charge on any atom is -0.493 e. The van der Waals surface area contributed by atoms with Crippen LogP contribution in [-0.4, -0.2) is 30.7 Å². The molecule has 4 nitrogen and oxygen atoms in total. The molecule has 0 atom stereocenters. The van der Waals surface area contributed by atoms with E-state index >= 15 is 0 Å². The SMILES string of the molecule is CCOCCCOc1ccc2c(c1)CC/C2=N\O. The van der Waals surface area contributed by atoms with E-state index < -0.39 is 0 Å². The Bertz CT molecular complexity index is 429. The predicted octanol–water partition coefficient (Wildman–Crippen LogP) is 2.62. The lowest BCUT2D eigenvalue weighted by molar-refractivity contribution is 0.131. The zero-order valence-corrected chi connectivity index (χ0v) is 10.7. The molecule has 0 spiro atoms. The summed E-state index contributed by atoms with van der Waals surface area (Å²) in [7, 11) is 0. The van der Waals surface area contributed by atoms with Crippen LogP contribution in [0, 0.1) is 0 Å². The van der Waals surface area contributed by atoms with Crippen LogP contribution in [0.15, 0.2) is 23.4 Å². The van der Waals surface area contributed by atoms with Crippen molar-refractivity contribution in [2.24, 2.45) is 5.16 Å². The summed E-state index contributed by atoms with van der Waals surface area (Å²) in [5, 5.41) is 12.2. The summed E-state index contributed by atoms with van der Waals surface area (Å²) in [5.41, 5.74) is 3.01. The van der Waals surface area contributed by atoms with Crippen molar-refractivity contribution in [2.75, 3.05) is 19.8 Å². The molecule has 0 amide bonds.